The monoisotopic (exact) mass is 491 g/mol. The molecule has 0 saturated heterocycles. The van der Waals surface area contributed by atoms with Gasteiger partial charge in [0.2, 0.25) is 0 Å². The Morgan fingerprint density at radius 3 is 2.20 bits per heavy atom. The van der Waals surface area contributed by atoms with Crippen LogP contribution in [0.25, 0.3) is 22.2 Å². The second-order valence-corrected chi connectivity index (χ2v) is 6.81. The summed E-state index contributed by atoms with van der Waals surface area (Å²) >= 11 is 3.16. The van der Waals surface area contributed by atoms with Crippen molar-refractivity contribution in [2.45, 2.75) is 17.7 Å². The van der Waals surface area contributed by atoms with Gasteiger partial charge in [0.25, 0.3) is 0 Å². The maximum Gasteiger partial charge on any atom is 0.416 e. The Morgan fingerprint density at radius 1 is 1.00 bits per heavy atom. The lowest BCUT2D eigenvalue weighted by molar-refractivity contribution is -0.138. The number of rotatable bonds is 3. The molecule has 0 N–H and O–H groups in total. The number of ether oxygens (including phenoxy) is 1. The lowest BCUT2D eigenvalue weighted by Crippen LogP contribution is -2.11. The average Bonchev–Trinajstić information content (AvgIpc) is 2.70. The molecule has 0 amide bonds. The Labute approximate surface area is 174 Å². The summed E-state index contributed by atoms with van der Waals surface area (Å²) in [6, 6.07) is 6.95. The normalized spacial score (nSPS) is 12.3. The predicted octanol–water partition coefficient (Wildman–Crippen LogP) is 6.62. The number of aromatic nitrogens is 1. The minimum Gasteiger partial charge on any atom is -0.465 e. The minimum absolute atomic E-state index is 0.0144. The summed E-state index contributed by atoms with van der Waals surface area (Å²) in [6.45, 7) is 0. The van der Waals surface area contributed by atoms with Gasteiger partial charge in [0.05, 0.1) is 35.0 Å². The first-order chi connectivity index (χ1) is 14.0. The van der Waals surface area contributed by atoms with E-state index in [4.69, 9.17) is 4.74 Å². The Hall–Kier alpha value is -2.62. The maximum absolute atomic E-state index is 13.2. The van der Waals surface area contributed by atoms with Gasteiger partial charge in [-0.2, -0.15) is 26.3 Å². The van der Waals surface area contributed by atoms with Gasteiger partial charge < -0.3 is 4.74 Å². The van der Waals surface area contributed by atoms with Gasteiger partial charge in [-0.1, -0.05) is 28.1 Å². The number of hydrogen-bond acceptors (Lipinski definition) is 3. The summed E-state index contributed by atoms with van der Waals surface area (Å²) in [5.41, 5.74) is -1.88. The van der Waals surface area contributed by atoms with E-state index in [0.717, 1.165) is 37.4 Å². The van der Waals surface area contributed by atoms with E-state index in [-0.39, 0.29) is 38.6 Å². The molecule has 0 atom stereocenters. The fourth-order valence-corrected chi connectivity index (χ4v) is 3.57. The number of halogens is 7. The third-order valence-electron chi connectivity index (χ3n) is 4.40. The standard InChI is InChI=1S/C20H12BrF6NO2/c1-30-18(29)16-13-8-12(20(25,26)27)5-6-15(13)28-17(14(16)9-21)10-3-2-4-11(7-10)19(22,23)24/h2-8H,9H2,1H3. The molecule has 0 aliphatic carbocycles. The first-order valence-corrected chi connectivity index (χ1v) is 9.45. The fourth-order valence-electron chi connectivity index (χ4n) is 3.03. The Balaban J connectivity index is 2.38. The van der Waals surface area contributed by atoms with Crippen molar-refractivity contribution in [1.29, 1.82) is 0 Å². The van der Waals surface area contributed by atoms with E-state index in [1.807, 2.05) is 0 Å². The SMILES string of the molecule is COC(=O)c1c(CBr)c(-c2cccc(C(F)(F)F)c2)nc2ccc(C(F)(F)F)cc12. The molecule has 1 heterocycles. The quantitative estimate of drug-likeness (QED) is 0.234. The predicted molar refractivity (Wildman–Crippen MR) is 101 cm³/mol. The van der Waals surface area contributed by atoms with E-state index >= 15 is 0 Å². The zero-order valence-electron chi connectivity index (χ0n) is 15.2. The molecule has 3 aromatic rings. The van der Waals surface area contributed by atoms with Crippen molar-refractivity contribution in [2.24, 2.45) is 0 Å². The smallest absolute Gasteiger partial charge is 0.416 e. The third-order valence-corrected chi connectivity index (χ3v) is 4.96. The molecule has 3 nitrogen and oxygen atoms in total. The number of hydrogen-bond donors (Lipinski definition) is 0. The molecule has 158 valence electrons. The number of nitrogens with zero attached hydrogens (tertiary/aromatic N) is 1. The molecule has 0 bridgehead atoms. The van der Waals surface area contributed by atoms with E-state index in [9.17, 15) is 31.1 Å². The number of methoxy groups -OCH3 is 1. The second-order valence-electron chi connectivity index (χ2n) is 6.25. The highest BCUT2D eigenvalue weighted by molar-refractivity contribution is 9.08. The van der Waals surface area contributed by atoms with Crippen LogP contribution in [0.2, 0.25) is 0 Å². The van der Waals surface area contributed by atoms with Crippen molar-refractivity contribution in [2.75, 3.05) is 7.11 Å². The first kappa shape index (κ1) is 22.1. The minimum atomic E-state index is -4.66. The summed E-state index contributed by atoms with van der Waals surface area (Å²) < 4.78 is 83.6. The number of benzene rings is 2. The van der Waals surface area contributed by atoms with Crippen molar-refractivity contribution in [3.05, 3.63) is 64.7 Å². The summed E-state index contributed by atoms with van der Waals surface area (Å²) in [6.07, 6.45) is -9.26. The number of carbonyl (C=O) groups is 1. The van der Waals surface area contributed by atoms with Crippen LogP contribution in [0.1, 0.15) is 27.0 Å². The highest BCUT2D eigenvalue weighted by atomic mass is 79.9. The second kappa shape index (κ2) is 7.90. The molecule has 0 spiro atoms. The van der Waals surface area contributed by atoms with E-state index < -0.39 is 29.4 Å². The third kappa shape index (κ3) is 4.14. The Kier molecular flexibility index (Phi) is 5.81. The highest BCUT2D eigenvalue weighted by Gasteiger charge is 2.33. The van der Waals surface area contributed by atoms with E-state index in [0.29, 0.717) is 0 Å². The van der Waals surface area contributed by atoms with Crippen LogP contribution in [0.5, 0.6) is 0 Å². The van der Waals surface area contributed by atoms with Crippen LogP contribution in [-0.4, -0.2) is 18.1 Å². The largest absolute Gasteiger partial charge is 0.465 e. The van der Waals surface area contributed by atoms with Gasteiger partial charge in [-0.15, -0.1) is 0 Å². The Morgan fingerprint density at radius 2 is 1.63 bits per heavy atom. The molecular formula is C20H12BrF6NO2. The van der Waals surface area contributed by atoms with Gasteiger partial charge in [0.15, 0.2) is 0 Å². The van der Waals surface area contributed by atoms with Gasteiger partial charge in [-0.05, 0) is 30.3 Å². The molecule has 0 fully saturated rings. The maximum atomic E-state index is 13.2. The molecule has 2 aromatic carbocycles. The van der Waals surface area contributed by atoms with Crippen molar-refractivity contribution >= 4 is 32.8 Å². The molecule has 3 rings (SSSR count). The van der Waals surface area contributed by atoms with Gasteiger partial charge in [-0.3, -0.25) is 0 Å². The number of fused-ring (bicyclic) bond motifs is 1. The zero-order chi connectivity index (χ0) is 22.3. The van der Waals surface area contributed by atoms with Crippen molar-refractivity contribution in [1.82, 2.24) is 4.98 Å². The summed E-state index contributed by atoms with van der Waals surface area (Å²) in [4.78, 5) is 16.7. The van der Waals surface area contributed by atoms with Gasteiger partial charge >= 0.3 is 18.3 Å². The first-order valence-electron chi connectivity index (χ1n) is 8.33. The Bertz CT molecular complexity index is 1120. The molecule has 1 aromatic heterocycles. The number of alkyl halides is 7. The van der Waals surface area contributed by atoms with Crippen molar-refractivity contribution in [3.8, 4) is 11.3 Å². The van der Waals surface area contributed by atoms with Crippen LogP contribution >= 0.6 is 15.9 Å². The topological polar surface area (TPSA) is 39.2 Å². The molecule has 0 aliphatic rings. The average molecular weight is 492 g/mol. The molecule has 10 heteroatoms. The lowest BCUT2D eigenvalue weighted by atomic mass is 9.96. The number of carbonyl (C=O) groups excluding carboxylic acids is 1. The molecule has 0 aliphatic heterocycles. The van der Waals surface area contributed by atoms with Crippen LogP contribution in [0.4, 0.5) is 26.3 Å². The fraction of sp³-hybridized carbons (Fsp3) is 0.200. The lowest BCUT2D eigenvalue weighted by Gasteiger charge is -2.17. The van der Waals surface area contributed by atoms with Crippen molar-refractivity contribution < 1.29 is 35.9 Å². The molecule has 0 saturated carbocycles. The number of pyridine rings is 1. The van der Waals surface area contributed by atoms with Crippen LogP contribution in [0, 0.1) is 0 Å². The number of esters is 1. The van der Waals surface area contributed by atoms with Crippen LogP contribution in [0.15, 0.2) is 42.5 Å². The van der Waals surface area contributed by atoms with Crippen LogP contribution < -0.4 is 0 Å². The van der Waals surface area contributed by atoms with E-state index in [1.165, 1.54) is 12.1 Å². The van der Waals surface area contributed by atoms with E-state index in [1.54, 1.807) is 0 Å². The molecule has 0 unspecified atom stereocenters. The molecular weight excluding hydrogens is 480 g/mol. The van der Waals surface area contributed by atoms with Crippen LogP contribution in [-0.2, 0) is 22.4 Å². The highest BCUT2D eigenvalue weighted by Crippen LogP contribution is 2.38. The van der Waals surface area contributed by atoms with Gasteiger partial charge in [0.1, 0.15) is 0 Å². The van der Waals surface area contributed by atoms with Crippen molar-refractivity contribution in [3.63, 3.8) is 0 Å². The summed E-state index contributed by atoms with van der Waals surface area (Å²) in [5.74, 6) is -0.926. The molecule has 30 heavy (non-hydrogen) atoms. The molecule has 0 radical (unpaired) electrons. The summed E-state index contributed by atoms with van der Waals surface area (Å²) in [5, 5.41) is -0.163. The zero-order valence-corrected chi connectivity index (χ0v) is 16.7. The summed E-state index contributed by atoms with van der Waals surface area (Å²) in [7, 11) is 1.06. The van der Waals surface area contributed by atoms with Gasteiger partial charge in [0, 0.05) is 21.8 Å². The van der Waals surface area contributed by atoms with Crippen LogP contribution in [0.3, 0.4) is 0 Å². The van der Waals surface area contributed by atoms with Gasteiger partial charge in [-0.25, -0.2) is 9.78 Å². The van der Waals surface area contributed by atoms with E-state index in [2.05, 4.69) is 20.9 Å².